The summed E-state index contributed by atoms with van der Waals surface area (Å²) in [5, 5.41) is 10.8. The van der Waals surface area contributed by atoms with Crippen LogP contribution in [0.2, 0.25) is 0 Å². The summed E-state index contributed by atoms with van der Waals surface area (Å²) in [6, 6.07) is 9.67. The Hall–Kier alpha value is -2.67. The Balaban J connectivity index is 2.36. The smallest absolute Gasteiger partial charge is 0.176 e. The number of benzene rings is 2. The van der Waals surface area contributed by atoms with Crippen LogP contribution in [0.1, 0.15) is 11.1 Å². The first kappa shape index (κ1) is 18.7. The highest BCUT2D eigenvalue weighted by molar-refractivity contribution is 7.93. The van der Waals surface area contributed by atoms with Crippen LogP contribution in [0.25, 0.3) is 6.08 Å². The highest BCUT2D eigenvalue weighted by atomic mass is 32.2. The molecule has 0 unspecified atom stereocenters. The molecule has 0 heterocycles. The van der Waals surface area contributed by atoms with Gasteiger partial charge in [0, 0.05) is 23.1 Å². The molecule has 0 atom stereocenters. The molecule has 0 bridgehead atoms. The Morgan fingerprint density at radius 1 is 1.00 bits per heavy atom. The fraction of sp³-hybridized carbons (Fsp3) is 0.222. The molecule has 0 aliphatic rings. The van der Waals surface area contributed by atoms with Crippen LogP contribution in [0.15, 0.2) is 41.8 Å². The summed E-state index contributed by atoms with van der Waals surface area (Å²) >= 11 is 0. The SMILES string of the molecule is COc1cc(OC)c(CS(=O)(=O)C=Cc2ccccc2O)c(OC)c1. The lowest BCUT2D eigenvalue weighted by atomic mass is 10.2. The Kier molecular flexibility index (Phi) is 5.93. The van der Waals surface area contributed by atoms with Gasteiger partial charge in [-0.3, -0.25) is 0 Å². The molecule has 0 aliphatic carbocycles. The van der Waals surface area contributed by atoms with Gasteiger partial charge < -0.3 is 19.3 Å². The Morgan fingerprint density at radius 2 is 1.60 bits per heavy atom. The normalized spacial score (nSPS) is 11.5. The molecule has 0 spiro atoms. The number of hydrogen-bond donors (Lipinski definition) is 1. The van der Waals surface area contributed by atoms with Crippen molar-refractivity contribution < 1.29 is 27.7 Å². The van der Waals surface area contributed by atoms with Crippen molar-refractivity contribution in [1.29, 1.82) is 0 Å². The molecule has 2 aromatic carbocycles. The van der Waals surface area contributed by atoms with Gasteiger partial charge in [0.25, 0.3) is 0 Å². The summed E-state index contributed by atoms with van der Waals surface area (Å²) in [7, 11) is 0.766. The minimum atomic E-state index is -3.63. The third kappa shape index (κ3) is 4.67. The van der Waals surface area contributed by atoms with Gasteiger partial charge in [0.05, 0.1) is 32.6 Å². The van der Waals surface area contributed by atoms with Crippen molar-refractivity contribution in [3.63, 3.8) is 0 Å². The van der Waals surface area contributed by atoms with E-state index in [1.807, 2.05) is 0 Å². The fourth-order valence-electron chi connectivity index (χ4n) is 2.27. The van der Waals surface area contributed by atoms with E-state index in [9.17, 15) is 13.5 Å². The maximum atomic E-state index is 12.5. The zero-order chi connectivity index (χ0) is 18.4. The molecule has 0 radical (unpaired) electrons. The number of para-hydroxylation sites is 1. The van der Waals surface area contributed by atoms with Crippen LogP contribution in [0.3, 0.4) is 0 Å². The molecular formula is C18H20O6S. The topological polar surface area (TPSA) is 82.1 Å². The molecule has 2 aromatic rings. The van der Waals surface area contributed by atoms with E-state index in [1.165, 1.54) is 33.5 Å². The van der Waals surface area contributed by atoms with Gasteiger partial charge in [0.15, 0.2) is 9.84 Å². The maximum Gasteiger partial charge on any atom is 0.176 e. The van der Waals surface area contributed by atoms with Gasteiger partial charge in [-0.05, 0) is 12.1 Å². The molecule has 0 aromatic heterocycles. The molecule has 7 heteroatoms. The first-order valence-electron chi connectivity index (χ1n) is 7.38. The van der Waals surface area contributed by atoms with E-state index >= 15 is 0 Å². The average Bonchev–Trinajstić information content (AvgIpc) is 2.60. The highest BCUT2D eigenvalue weighted by Gasteiger charge is 2.19. The van der Waals surface area contributed by atoms with Gasteiger partial charge in [-0.1, -0.05) is 18.2 Å². The zero-order valence-electron chi connectivity index (χ0n) is 14.2. The second-order valence-electron chi connectivity index (χ2n) is 5.18. The van der Waals surface area contributed by atoms with Gasteiger partial charge in [0.2, 0.25) is 0 Å². The third-order valence-electron chi connectivity index (χ3n) is 3.55. The maximum absolute atomic E-state index is 12.5. The first-order valence-corrected chi connectivity index (χ1v) is 9.09. The largest absolute Gasteiger partial charge is 0.507 e. The molecule has 0 saturated heterocycles. The number of ether oxygens (including phenoxy) is 3. The van der Waals surface area contributed by atoms with Gasteiger partial charge in [-0.25, -0.2) is 8.42 Å². The van der Waals surface area contributed by atoms with E-state index in [2.05, 4.69) is 0 Å². The molecule has 6 nitrogen and oxygen atoms in total. The summed E-state index contributed by atoms with van der Waals surface area (Å²) in [4.78, 5) is 0. The van der Waals surface area contributed by atoms with Crippen LogP contribution >= 0.6 is 0 Å². The van der Waals surface area contributed by atoms with Gasteiger partial charge in [0.1, 0.15) is 23.0 Å². The number of rotatable bonds is 7. The number of hydrogen-bond acceptors (Lipinski definition) is 6. The van der Waals surface area contributed by atoms with Crippen LogP contribution in [0, 0.1) is 0 Å². The number of methoxy groups -OCH3 is 3. The standard InChI is InChI=1S/C18H20O6S/c1-22-14-10-17(23-2)15(18(11-14)24-3)12-25(20,21)9-8-13-6-4-5-7-16(13)19/h4-11,19H,12H2,1-3H3. The van der Waals surface area contributed by atoms with E-state index in [-0.39, 0.29) is 11.5 Å². The third-order valence-corrected chi connectivity index (χ3v) is 4.80. The van der Waals surface area contributed by atoms with Crippen molar-refractivity contribution in [2.24, 2.45) is 0 Å². The van der Waals surface area contributed by atoms with Crippen molar-refractivity contribution in [3.8, 4) is 23.0 Å². The Bertz CT molecular complexity index is 846. The highest BCUT2D eigenvalue weighted by Crippen LogP contribution is 2.35. The number of sulfone groups is 1. The summed E-state index contributed by atoms with van der Waals surface area (Å²) in [5.74, 6) is 0.910. The molecule has 134 valence electrons. The van der Waals surface area contributed by atoms with Crippen molar-refractivity contribution >= 4 is 15.9 Å². The number of phenolic OH excluding ortho intramolecular Hbond substituents is 1. The summed E-state index contributed by atoms with van der Waals surface area (Å²) in [6.45, 7) is 0. The quantitative estimate of drug-likeness (QED) is 0.813. The predicted octanol–water partition coefficient (Wildman–Crippen LogP) is 3.00. The number of aromatic hydroxyl groups is 1. The Morgan fingerprint density at radius 3 is 2.12 bits per heavy atom. The van der Waals surface area contributed by atoms with Crippen molar-refractivity contribution in [3.05, 3.63) is 52.9 Å². The first-order chi connectivity index (χ1) is 11.9. The van der Waals surface area contributed by atoms with Gasteiger partial charge >= 0.3 is 0 Å². The minimum Gasteiger partial charge on any atom is -0.507 e. The molecule has 25 heavy (non-hydrogen) atoms. The van der Waals surface area contributed by atoms with Crippen LogP contribution in [0.4, 0.5) is 0 Å². The lowest BCUT2D eigenvalue weighted by Crippen LogP contribution is -2.05. The fourth-order valence-corrected chi connectivity index (χ4v) is 3.41. The zero-order valence-corrected chi connectivity index (χ0v) is 15.0. The molecule has 2 rings (SSSR count). The van der Waals surface area contributed by atoms with E-state index < -0.39 is 9.84 Å². The van der Waals surface area contributed by atoms with Crippen molar-refractivity contribution in [2.75, 3.05) is 21.3 Å². The summed E-state index contributed by atoms with van der Waals surface area (Å²) < 4.78 is 40.6. The van der Waals surface area contributed by atoms with Crippen LogP contribution < -0.4 is 14.2 Å². The van der Waals surface area contributed by atoms with Gasteiger partial charge in [-0.15, -0.1) is 0 Å². The summed E-state index contributed by atoms with van der Waals surface area (Å²) in [6.07, 6.45) is 1.35. The van der Waals surface area contributed by atoms with Crippen LogP contribution in [-0.4, -0.2) is 34.9 Å². The molecule has 0 amide bonds. The van der Waals surface area contributed by atoms with Crippen LogP contribution in [-0.2, 0) is 15.6 Å². The summed E-state index contributed by atoms with van der Waals surface area (Å²) in [5.41, 5.74) is 0.812. The van der Waals surface area contributed by atoms with Crippen molar-refractivity contribution in [2.45, 2.75) is 5.75 Å². The molecule has 0 saturated carbocycles. The minimum absolute atomic E-state index is 0.00792. The van der Waals surface area contributed by atoms with Crippen molar-refractivity contribution in [1.82, 2.24) is 0 Å². The molecule has 0 aliphatic heterocycles. The van der Waals surface area contributed by atoms with E-state index in [4.69, 9.17) is 14.2 Å². The van der Waals surface area contributed by atoms with E-state index in [0.29, 0.717) is 28.4 Å². The molecule has 1 N–H and O–H groups in total. The van der Waals surface area contributed by atoms with Crippen LogP contribution in [0.5, 0.6) is 23.0 Å². The second-order valence-corrected chi connectivity index (χ2v) is 7.07. The Labute approximate surface area is 147 Å². The van der Waals surface area contributed by atoms with Gasteiger partial charge in [-0.2, -0.15) is 0 Å². The molecular weight excluding hydrogens is 344 g/mol. The lowest BCUT2D eigenvalue weighted by molar-refractivity contribution is 0.370. The molecule has 0 fully saturated rings. The predicted molar refractivity (Wildman–Crippen MR) is 95.9 cm³/mol. The van der Waals surface area contributed by atoms with E-state index in [0.717, 1.165) is 5.41 Å². The number of phenols is 1. The second kappa shape index (κ2) is 7.94. The monoisotopic (exact) mass is 364 g/mol. The van der Waals surface area contributed by atoms with E-state index in [1.54, 1.807) is 30.3 Å². The lowest BCUT2D eigenvalue weighted by Gasteiger charge is -2.14. The average molecular weight is 364 g/mol.